The van der Waals surface area contributed by atoms with Crippen LogP contribution in [0, 0.1) is 0 Å². The van der Waals surface area contributed by atoms with Gasteiger partial charge < -0.3 is 14.7 Å². The number of esters is 1. The van der Waals surface area contributed by atoms with Crippen LogP contribution in [0.4, 0.5) is 0 Å². The fraction of sp³-hybridized carbons (Fsp3) is 0.238. The highest BCUT2D eigenvalue weighted by Crippen LogP contribution is 2.18. The minimum Gasteiger partial charge on any atom is -0.452 e. The van der Waals surface area contributed by atoms with Gasteiger partial charge in [0.2, 0.25) is 0 Å². The number of ether oxygens (including phenoxy) is 1. The SMILES string of the molecule is O=C(OCC(=O)N(Cc1ccccc1)[C@@H]1C=CS(=O)(=O)C1)c1ccc(CO)cc1. The van der Waals surface area contributed by atoms with E-state index in [1.165, 1.54) is 23.1 Å². The molecule has 7 nitrogen and oxygen atoms in total. The smallest absolute Gasteiger partial charge is 0.338 e. The molecule has 0 aromatic heterocycles. The number of benzene rings is 2. The first-order valence-corrected chi connectivity index (χ1v) is 10.7. The van der Waals surface area contributed by atoms with Gasteiger partial charge in [-0.05, 0) is 29.3 Å². The molecular formula is C21H21NO6S. The third-order valence-corrected chi connectivity index (χ3v) is 5.90. The summed E-state index contributed by atoms with van der Waals surface area (Å²) in [7, 11) is -3.35. The van der Waals surface area contributed by atoms with Gasteiger partial charge in [0.05, 0.1) is 24.0 Å². The number of hydrogen-bond acceptors (Lipinski definition) is 6. The number of hydrogen-bond donors (Lipinski definition) is 1. The Hall–Kier alpha value is -2.97. The summed E-state index contributed by atoms with van der Waals surface area (Å²) in [6.45, 7) is -0.440. The molecule has 2 aromatic rings. The number of amides is 1. The lowest BCUT2D eigenvalue weighted by Gasteiger charge is -2.27. The first kappa shape index (κ1) is 20.8. The predicted molar refractivity (Wildman–Crippen MR) is 106 cm³/mol. The van der Waals surface area contributed by atoms with Crippen LogP contribution in [0.5, 0.6) is 0 Å². The summed E-state index contributed by atoms with van der Waals surface area (Å²) < 4.78 is 28.7. The van der Waals surface area contributed by atoms with Crippen molar-refractivity contribution >= 4 is 21.7 Å². The molecule has 1 N–H and O–H groups in total. The zero-order chi connectivity index (χ0) is 20.9. The van der Waals surface area contributed by atoms with Crippen molar-refractivity contribution in [1.82, 2.24) is 4.90 Å². The Balaban J connectivity index is 1.68. The van der Waals surface area contributed by atoms with Crippen molar-refractivity contribution < 1.29 is 27.9 Å². The van der Waals surface area contributed by atoms with Crippen molar-refractivity contribution in [3.05, 3.63) is 82.8 Å². The van der Waals surface area contributed by atoms with E-state index in [0.29, 0.717) is 5.56 Å². The number of nitrogens with zero attached hydrogens (tertiary/aromatic N) is 1. The Morgan fingerprint density at radius 2 is 1.72 bits per heavy atom. The van der Waals surface area contributed by atoms with E-state index in [-0.39, 0.29) is 24.5 Å². The molecule has 1 aliphatic heterocycles. The Kier molecular flexibility index (Phi) is 6.46. The van der Waals surface area contributed by atoms with E-state index in [1.54, 1.807) is 12.1 Å². The monoisotopic (exact) mass is 415 g/mol. The van der Waals surface area contributed by atoms with E-state index < -0.39 is 34.4 Å². The number of sulfone groups is 1. The van der Waals surface area contributed by atoms with E-state index in [1.807, 2.05) is 30.3 Å². The standard InChI is InChI=1S/C21H21NO6S/c23-13-17-6-8-18(9-7-17)21(25)28-14-20(24)22(12-16-4-2-1-3-5-16)19-10-11-29(26,27)15-19/h1-11,19,23H,12-15H2/t19-/m1/s1. The molecule has 0 spiro atoms. The van der Waals surface area contributed by atoms with Crippen molar-refractivity contribution in [2.24, 2.45) is 0 Å². The molecule has 8 heteroatoms. The third-order valence-electron chi connectivity index (χ3n) is 4.53. The van der Waals surface area contributed by atoms with Gasteiger partial charge in [-0.25, -0.2) is 13.2 Å². The van der Waals surface area contributed by atoms with E-state index in [2.05, 4.69) is 0 Å². The molecule has 1 aliphatic rings. The molecule has 0 unspecified atom stereocenters. The molecule has 29 heavy (non-hydrogen) atoms. The molecule has 3 rings (SSSR count). The molecule has 1 heterocycles. The molecule has 0 bridgehead atoms. The second kappa shape index (κ2) is 9.02. The number of aliphatic hydroxyl groups excluding tert-OH is 1. The quantitative estimate of drug-likeness (QED) is 0.691. The fourth-order valence-electron chi connectivity index (χ4n) is 2.96. The van der Waals surface area contributed by atoms with Crippen LogP contribution in [0.15, 0.2) is 66.1 Å². The zero-order valence-electron chi connectivity index (χ0n) is 15.6. The van der Waals surface area contributed by atoms with E-state index in [4.69, 9.17) is 9.84 Å². The molecule has 152 valence electrons. The van der Waals surface area contributed by atoms with Gasteiger partial charge >= 0.3 is 5.97 Å². The van der Waals surface area contributed by atoms with Crippen LogP contribution in [0.1, 0.15) is 21.5 Å². The number of aliphatic hydroxyl groups is 1. The van der Waals surface area contributed by atoms with E-state index >= 15 is 0 Å². The van der Waals surface area contributed by atoms with Crippen LogP contribution in [0.2, 0.25) is 0 Å². The second-order valence-electron chi connectivity index (χ2n) is 6.66. The highest BCUT2D eigenvalue weighted by Gasteiger charge is 2.30. The topological polar surface area (TPSA) is 101 Å². The lowest BCUT2D eigenvalue weighted by atomic mass is 10.1. The first-order valence-electron chi connectivity index (χ1n) is 8.99. The lowest BCUT2D eigenvalue weighted by Crippen LogP contribution is -2.42. The van der Waals surface area contributed by atoms with Crippen molar-refractivity contribution in [2.75, 3.05) is 12.4 Å². The van der Waals surface area contributed by atoms with Crippen LogP contribution >= 0.6 is 0 Å². The molecule has 0 saturated carbocycles. The van der Waals surface area contributed by atoms with Crippen molar-refractivity contribution in [3.8, 4) is 0 Å². The van der Waals surface area contributed by atoms with Gasteiger partial charge in [0.1, 0.15) is 0 Å². The molecule has 0 radical (unpaired) electrons. The zero-order valence-corrected chi connectivity index (χ0v) is 16.4. The number of rotatable bonds is 7. The van der Waals surface area contributed by atoms with Crippen molar-refractivity contribution in [2.45, 2.75) is 19.2 Å². The van der Waals surface area contributed by atoms with Gasteiger partial charge in [-0.2, -0.15) is 0 Å². The Morgan fingerprint density at radius 1 is 1.03 bits per heavy atom. The second-order valence-corrected chi connectivity index (χ2v) is 8.60. The molecule has 0 saturated heterocycles. The maximum atomic E-state index is 12.8. The van der Waals surface area contributed by atoms with Crippen LogP contribution in [0.3, 0.4) is 0 Å². The van der Waals surface area contributed by atoms with Crippen LogP contribution in [0.25, 0.3) is 0 Å². The number of carbonyl (C=O) groups excluding carboxylic acids is 2. The van der Waals surface area contributed by atoms with Gasteiger partial charge in [-0.3, -0.25) is 4.79 Å². The largest absolute Gasteiger partial charge is 0.452 e. The van der Waals surface area contributed by atoms with Crippen LogP contribution in [-0.2, 0) is 32.5 Å². The van der Waals surface area contributed by atoms with Gasteiger partial charge in [0.15, 0.2) is 16.4 Å². The summed E-state index contributed by atoms with van der Waals surface area (Å²) in [6, 6.07) is 14.8. The summed E-state index contributed by atoms with van der Waals surface area (Å²) >= 11 is 0. The maximum Gasteiger partial charge on any atom is 0.338 e. The summed E-state index contributed by atoms with van der Waals surface area (Å²) in [6.07, 6.45) is 1.48. The van der Waals surface area contributed by atoms with Gasteiger partial charge in [0.25, 0.3) is 5.91 Å². The number of carbonyl (C=O) groups is 2. The van der Waals surface area contributed by atoms with Gasteiger partial charge in [-0.1, -0.05) is 42.5 Å². The summed E-state index contributed by atoms with van der Waals surface area (Å²) in [5.41, 5.74) is 1.75. The predicted octanol–water partition coefficient (Wildman–Crippen LogP) is 1.68. The Labute approximate surface area is 169 Å². The highest BCUT2D eigenvalue weighted by molar-refractivity contribution is 7.94. The fourth-order valence-corrected chi connectivity index (χ4v) is 4.26. The molecular weight excluding hydrogens is 394 g/mol. The molecule has 2 aromatic carbocycles. The first-order chi connectivity index (χ1) is 13.9. The van der Waals surface area contributed by atoms with Crippen molar-refractivity contribution in [1.29, 1.82) is 0 Å². The van der Waals surface area contributed by atoms with Crippen molar-refractivity contribution in [3.63, 3.8) is 0 Å². The molecule has 0 aliphatic carbocycles. The average molecular weight is 415 g/mol. The van der Waals surface area contributed by atoms with Gasteiger partial charge in [-0.15, -0.1) is 0 Å². The molecule has 1 amide bonds. The summed E-state index contributed by atoms with van der Waals surface area (Å²) in [5, 5.41) is 10.2. The Morgan fingerprint density at radius 3 is 2.31 bits per heavy atom. The summed E-state index contributed by atoms with van der Waals surface area (Å²) in [5.74, 6) is -1.35. The Bertz CT molecular complexity index is 999. The van der Waals surface area contributed by atoms with Gasteiger partial charge in [0, 0.05) is 12.0 Å². The summed E-state index contributed by atoms with van der Waals surface area (Å²) in [4.78, 5) is 26.4. The lowest BCUT2D eigenvalue weighted by molar-refractivity contribution is -0.136. The molecule has 1 atom stereocenters. The molecule has 0 fully saturated rings. The van der Waals surface area contributed by atoms with Crippen LogP contribution < -0.4 is 0 Å². The average Bonchev–Trinajstić information content (AvgIpc) is 3.10. The minimum atomic E-state index is -3.35. The maximum absolute atomic E-state index is 12.8. The normalized spacial score (nSPS) is 17.1. The minimum absolute atomic E-state index is 0.139. The van der Waals surface area contributed by atoms with E-state index in [0.717, 1.165) is 11.0 Å². The third kappa shape index (κ3) is 5.52. The highest BCUT2D eigenvalue weighted by atomic mass is 32.2. The van der Waals surface area contributed by atoms with E-state index in [9.17, 15) is 18.0 Å². The van der Waals surface area contributed by atoms with Crippen LogP contribution in [-0.4, -0.2) is 48.7 Å².